The van der Waals surface area contributed by atoms with Crippen LogP contribution < -0.4 is 10.6 Å². The zero-order chi connectivity index (χ0) is 16.1. The van der Waals surface area contributed by atoms with E-state index in [2.05, 4.69) is 24.8 Å². The van der Waals surface area contributed by atoms with Crippen LogP contribution in [0.25, 0.3) is 11.5 Å². The van der Waals surface area contributed by atoms with Gasteiger partial charge in [-0.1, -0.05) is 0 Å². The Balaban J connectivity index is 1.89. The summed E-state index contributed by atoms with van der Waals surface area (Å²) in [6.45, 7) is 3.13. The van der Waals surface area contributed by atoms with E-state index < -0.39 is 0 Å². The molecule has 2 aromatic rings. The van der Waals surface area contributed by atoms with Gasteiger partial charge in [-0.25, -0.2) is 15.0 Å². The van der Waals surface area contributed by atoms with Crippen LogP contribution >= 0.6 is 0 Å². The van der Waals surface area contributed by atoms with Gasteiger partial charge in [0.2, 0.25) is 0 Å². The van der Waals surface area contributed by atoms with Gasteiger partial charge in [-0.2, -0.15) is 0 Å². The van der Waals surface area contributed by atoms with Crippen LogP contribution in [0.2, 0.25) is 0 Å². The lowest BCUT2D eigenvalue weighted by atomic mass is 9.97. The minimum atomic E-state index is 0.446. The molecule has 23 heavy (non-hydrogen) atoms. The third-order valence-corrected chi connectivity index (χ3v) is 4.12. The van der Waals surface area contributed by atoms with E-state index in [0.717, 1.165) is 44.0 Å². The summed E-state index contributed by atoms with van der Waals surface area (Å²) in [4.78, 5) is 19.9. The van der Waals surface area contributed by atoms with Gasteiger partial charge in [0.15, 0.2) is 5.82 Å². The standard InChI is InChI=1S/C16H22N6O/c1-23-11-13-8-15(22-6-2-12(9-17)3-7-22)21-16(20-13)14-10-18-4-5-19-14/h4-5,8,10,12H,2-3,6-7,9,11,17H2,1H3. The highest BCUT2D eigenvalue weighted by Gasteiger charge is 2.20. The average Bonchev–Trinajstić information content (AvgIpc) is 2.62. The monoisotopic (exact) mass is 314 g/mol. The van der Waals surface area contributed by atoms with Crippen molar-refractivity contribution in [2.24, 2.45) is 11.7 Å². The van der Waals surface area contributed by atoms with Crippen molar-refractivity contribution < 1.29 is 4.74 Å². The first-order valence-electron chi connectivity index (χ1n) is 7.88. The Kier molecular flexibility index (Phi) is 5.09. The van der Waals surface area contributed by atoms with Crippen molar-refractivity contribution >= 4 is 5.82 Å². The molecule has 0 amide bonds. The Labute approximate surface area is 135 Å². The molecular weight excluding hydrogens is 292 g/mol. The molecule has 7 nitrogen and oxygen atoms in total. The molecule has 3 heterocycles. The van der Waals surface area contributed by atoms with Crippen molar-refractivity contribution in [2.45, 2.75) is 19.4 Å². The maximum atomic E-state index is 5.78. The molecule has 1 saturated heterocycles. The van der Waals surface area contributed by atoms with E-state index in [1.165, 1.54) is 0 Å². The molecule has 1 fully saturated rings. The van der Waals surface area contributed by atoms with Crippen LogP contribution in [0.15, 0.2) is 24.7 Å². The Morgan fingerprint density at radius 3 is 2.74 bits per heavy atom. The minimum Gasteiger partial charge on any atom is -0.378 e. The second-order valence-electron chi connectivity index (χ2n) is 5.73. The summed E-state index contributed by atoms with van der Waals surface area (Å²) in [6, 6.07) is 1.99. The second kappa shape index (κ2) is 7.43. The molecule has 0 unspecified atom stereocenters. The maximum absolute atomic E-state index is 5.78. The number of nitrogens with zero attached hydrogens (tertiary/aromatic N) is 5. The molecule has 2 aromatic heterocycles. The predicted molar refractivity (Wildman–Crippen MR) is 87.8 cm³/mol. The number of hydrogen-bond donors (Lipinski definition) is 1. The van der Waals surface area contributed by atoms with Gasteiger partial charge in [0.05, 0.1) is 18.5 Å². The molecule has 7 heteroatoms. The van der Waals surface area contributed by atoms with E-state index in [1.807, 2.05) is 6.07 Å². The third kappa shape index (κ3) is 3.80. The normalized spacial score (nSPS) is 15.8. The van der Waals surface area contributed by atoms with Gasteiger partial charge < -0.3 is 15.4 Å². The van der Waals surface area contributed by atoms with Crippen molar-refractivity contribution in [1.29, 1.82) is 0 Å². The number of methoxy groups -OCH3 is 1. The summed E-state index contributed by atoms with van der Waals surface area (Å²) in [5.41, 5.74) is 7.29. The topological polar surface area (TPSA) is 90.1 Å². The van der Waals surface area contributed by atoms with Crippen LogP contribution in [0.4, 0.5) is 5.82 Å². The van der Waals surface area contributed by atoms with Crippen molar-refractivity contribution in [2.75, 3.05) is 31.6 Å². The molecular formula is C16H22N6O. The van der Waals surface area contributed by atoms with Crippen LogP contribution in [0.3, 0.4) is 0 Å². The predicted octanol–water partition coefficient (Wildman–Crippen LogP) is 1.26. The smallest absolute Gasteiger partial charge is 0.182 e. The fourth-order valence-electron chi connectivity index (χ4n) is 2.79. The molecule has 0 saturated carbocycles. The molecule has 3 rings (SSSR count). The Morgan fingerprint density at radius 1 is 1.26 bits per heavy atom. The first-order valence-corrected chi connectivity index (χ1v) is 7.88. The largest absolute Gasteiger partial charge is 0.378 e. The van der Waals surface area contributed by atoms with Crippen molar-refractivity contribution in [3.05, 3.63) is 30.4 Å². The lowest BCUT2D eigenvalue weighted by Gasteiger charge is -2.32. The molecule has 0 aliphatic carbocycles. The van der Waals surface area contributed by atoms with Gasteiger partial charge >= 0.3 is 0 Å². The van der Waals surface area contributed by atoms with E-state index in [9.17, 15) is 0 Å². The number of rotatable bonds is 5. The SMILES string of the molecule is COCc1cc(N2CCC(CN)CC2)nc(-c2cnccn2)n1. The van der Waals surface area contributed by atoms with Gasteiger partial charge in [-0.05, 0) is 25.3 Å². The van der Waals surface area contributed by atoms with Gasteiger partial charge in [0.25, 0.3) is 0 Å². The van der Waals surface area contributed by atoms with Crippen LogP contribution in [0.5, 0.6) is 0 Å². The zero-order valence-corrected chi connectivity index (χ0v) is 13.4. The first-order chi connectivity index (χ1) is 11.3. The van der Waals surface area contributed by atoms with Crippen molar-refractivity contribution in [3.63, 3.8) is 0 Å². The highest BCUT2D eigenvalue weighted by molar-refractivity contribution is 5.53. The van der Waals surface area contributed by atoms with Gasteiger partial charge in [0.1, 0.15) is 11.5 Å². The third-order valence-electron chi connectivity index (χ3n) is 4.12. The molecule has 0 bridgehead atoms. The molecule has 122 valence electrons. The lowest BCUT2D eigenvalue weighted by molar-refractivity contribution is 0.181. The molecule has 0 spiro atoms. The van der Waals surface area contributed by atoms with E-state index in [0.29, 0.717) is 24.0 Å². The zero-order valence-electron chi connectivity index (χ0n) is 13.4. The Morgan fingerprint density at radius 2 is 2.09 bits per heavy atom. The van der Waals surface area contributed by atoms with Crippen molar-refractivity contribution in [1.82, 2.24) is 19.9 Å². The van der Waals surface area contributed by atoms with Gasteiger partial charge in [-0.15, -0.1) is 0 Å². The lowest BCUT2D eigenvalue weighted by Crippen LogP contribution is -2.36. The number of aromatic nitrogens is 4. The van der Waals surface area contributed by atoms with E-state index in [1.54, 1.807) is 25.7 Å². The summed E-state index contributed by atoms with van der Waals surface area (Å²) < 4.78 is 5.23. The molecule has 0 radical (unpaired) electrons. The highest BCUT2D eigenvalue weighted by Crippen LogP contribution is 2.24. The molecule has 1 aliphatic rings. The summed E-state index contributed by atoms with van der Waals surface area (Å²) in [5.74, 6) is 2.12. The fraction of sp³-hybridized carbons (Fsp3) is 0.500. The number of ether oxygens (including phenoxy) is 1. The van der Waals surface area contributed by atoms with E-state index in [4.69, 9.17) is 10.5 Å². The van der Waals surface area contributed by atoms with Crippen molar-refractivity contribution in [3.8, 4) is 11.5 Å². The molecule has 1 aliphatic heterocycles. The summed E-state index contributed by atoms with van der Waals surface area (Å²) in [7, 11) is 1.66. The highest BCUT2D eigenvalue weighted by atomic mass is 16.5. The van der Waals surface area contributed by atoms with Crippen LogP contribution in [0, 0.1) is 5.92 Å². The number of anilines is 1. The van der Waals surface area contributed by atoms with E-state index >= 15 is 0 Å². The number of nitrogens with two attached hydrogens (primary N) is 1. The van der Waals surface area contributed by atoms with Crippen LogP contribution in [-0.2, 0) is 11.3 Å². The van der Waals surface area contributed by atoms with Crippen LogP contribution in [-0.4, -0.2) is 46.7 Å². The number of piperidine rings is 1. The van der Waals surface area contributed by atoms with Crippen LogP contribution in [0.1, 0.15) is 18.5 Å². The van der Waals surface area contributed by atoms with Gasteiger partial charge in [-0.3, -0.25) is 4.98 Å². The molecule has 2 N–H and O–H groups in total. The Hall–Kier alpha value is -2.12. The minimum absolute atomic E-state index is 0.446. The average molecular weight is 314 g/mol. The quantitative estimate of drug-likeness (QED) is 0.888. The van der Waals surface area contributed by atoms with E-state index in [-0.39, 0.29) is 0 Å². The first kappa shape index (κ1) is 15.8. The summed E-state index contributed by atoms with van der Waals surface area (Å²) in [5, 5.41) is 0. The summed E-state index contributed by atoms with van der Waals surface area (Å²) >= 11 is 0. The maximum Gasteiger partial charge on any atom is 0.182 e. The molecule has 0 aromatic carbocycles. The number of hydrogen-bond acceptors (Lipinski definition) is 7. The Bertz CT molecular complexity index is 628. The fourth-order valence-corrected chi connectivity index (χ4v) is 2.79. The second-order valence-corrected chi connectivity index (χ2v) is 5.73. The summed E-state index contributed by atoms with van der Waals surface area (Å²) in [6.07, 6.45) is 7.16. The van der Waals surface area contributed by atoms with Gasteiger partial charge in [0, 0.05) is 38.7 Å². The molecule has 0 atom stereocenters.